The fourth-order valence-corrected chi connectivity index (χ4v) is 1.74. The van der Waals surface area contributed by atoms with Gasteiger partial charge in [0.2, 0.25) is 0 Å². The maximum absolute atomic E-state index is 11.3. The lowest BCUT2D eigenvalue weighted by atomic mass is 10.2. The van der Waals surface area contributed by atoms with E-state index in [1.165, 1.54) is 0 Å². The highest BCUT2D eigenvalue weighted by molar-refractivity contribution is 7.09. The molecule has 15 heavy (non-hydrogen) atoms. The van der Waals surface area contributed by atoms with Crippen LogP contribution >= 0.6 is 11.3 Å². The molecular formula is C10H16N2O2S. The van der Waals surface area contributed by atoms with Gasteiger partial charge in [0.25, 0.3) is 0 Å². The minimum absolute atomic E-state index is 0.0249. The molecule has 0 aliphatic rings. The summed E-state index contributed by atoms with van der Waals surface area (Å²) in [5.74, 6) is 0. The Balaban J connectivity index is 2.24. The molecule has 1 rings (SSSR count). The molecule has 84 valence electrons. The molecule has 2 amide bonds. The van der Waals surface area contributed by atoms with Crippen LogP contribution in [0, 0.1) is 0 Å². The molecule has 0 saturated heterocycles. The van der Waals surface area contributed by atoms with Crippen LogP contribution in [0.3, 0.4) is 0 Å². The number of hydrogen-bond acceptors (Lipinski definition) is 3. The van der Waals surface area contributed by atoms with Gasteiger partial charge in [0.05, 0.1) is 19.2 Å². The lowest BCUT2D eigenvalue weighted by Gasteiger charge is -2.14. The summed E-state index contributed by atoms with van der Waals surface area (Å²) in [6, 6.07) is 3.52. The first-order valence-electron chi connectivity index (χ1n) is 4.93. The molecule has 0 aliphatic heterocycles. The van der Waals surface area contributed by atoms with Crippen molar-refractivity contribution >= 4 is 17.4 Å². The second-order valence-electron chi connectivity index (χ2n) is 3.19. The summed E-state index contributed by atoms with van der Waals surface area (Å²) in [6.45, 7) is 2.43. The SMILES string of the molecule is CCC(CO)NC(=O)NCc1cccs1. The zero-order chi connectivity index (χ0) is 11.1. The first-order chi connectivity index (χ1) is 7.26. The third-order valence-corrected chi connectivity index (χ3v) is 2.93. The molecule has 3 N–H and O–H groups in total. The normalized spacial score (nSPS) is 12.1. The smallest absolute Gasteiger partial charge is 0.315 e. The standard InChI is InChI=1S/C10H16N2O2S/c1-2-8(7-13)12-10(14)11-6-9-4-3-5-15-9/h3-5,8,13H,2,6-7H2,1H3,(H2,11,12,14). The Morgan fingerprint density at radius 1 is 1.67 bits per heavy atom. The maximum Gasteiger partial charge on any atom is 0.315 e. The average Bonchev–Trinajstić information content (AvgIpc) is 2.75. The Morgan fingerprint density at radius 3 is 3.00 bits per heavy atom. The summed E-state index contributed by atoms with van der Waals surface area (Å²) < 4.78 is 0. The van der Waals surface area contributed by atoms with Gasteiger partial charge in [-0.15, -0.1) is 11.3 Å². The molecule has 4 nitrogen and oxygen atoms in total. The Labute approximate surface area is 93.3 Å². The summed E-state index contributed by atoms with van der Waals surface area (Å²) in [7, 11) is 0. The van der Waals surface area contributed by atoms with Crippen LogP contribution in [0.15, 0.2) is 17.5 Å². The minimum atomic E-state index is -0.232. The number of urea groups is 1. The number of carbonyl (C=O) groups is 1. The second-order valence-corrected chi connectivity index (χ2v) is 4.23. The Hall–Kier alpha value is -1.07. The fraction of sp³-hybridized carbons (Fsp3) is 0.500. The van der Waals surface area contributed by atoms with Crippen LogP contribution in [0.2, 0.25) is 0 Å². The number of amides is 2. The van der Waals surface area contributed by atoms with E-state index in [4.69, 9.17) is 5.11 Å². The van der Waals surface area contributed by atoms with Crippen LogP contribution in [-0.4, -0.2) is 23.8 Å². The average molecular weight is 228 g/mol. The zero-order valence-corrected chi connectivity index (χ0v) is 9.51. The third-order valence-electron chi connectivity index (χ3n) is 2.05. The van der Waals surface area contributed by atoms with E-state index in [2.05, 4.69) is 10.6 Å². The van der Waals surface area contributed by atoms with E-state index < -0.39 is 0 Å². The monoisotopic (exact) mass is 228 g/mol. The van der Waals surface area contributed by atoms with Gasteiger partial charge in [0, 0.05) is 4.88 Å². The summed E-state index contributed by atoms with van der Waals surface area (Å²) in [5, 5.41) is 16.3. The molecule has 0 radical (unpaired) electrons. The summed E-state index contributed by atoms with van der Waals surface area (Å²) in [5.41, 5.74) is 0. The van der Waals surface area contributed by atoms with Crippen LogP contribution in [-0.2, 0) is 6.54 Å². The molecule has 1 atom stereocenters. The van der Waals surface area contributed by atoms with E-state index in [0.29, 0.717) is 6.54 Å². The fourth-order valence-electron chi connectivity index (χ4n) is 1.09. The highest BCUT2D eigenvalue weighted by atomic mass is 32.1. The lowest BCUT2D eigenvalue weighted by Crippen LogP contribution is -2.43. The summed E-state index contributed by atoms with van der Waals surface area (Å²) >= 11 is 1.60. The molecule has 0 saturated carbocycles. The first-order valence-corrected chi connectivity index (χ1v) is 5.81. The largest absolute Gasteiger partial charge is 0.394 e. The highest BCUT2D eigenvalue weighted by Crippen LogP contribution is 2.07. The Morgan fingerprint density at radius 2 is 2.47 bits per heavy atom. The number of rotatable bonds is 5. The first kappa shape index (κ1) is 12.0. The van der Waals surface area contributed by atoms with Gasteiger partial charge < -0.3 is 15.7 Å². The molecular weight excluding hydrogens is 212 g/mol. The summed E-state index contributed by atoms with van der Waals surface area (Å²) in [6.07, 6.45) is 0.725. The predicted molar refractivity (Wildman–Crippen MR) is 60.9 cm³/mol. The van der Waals surface area contributed by atoms with Crippen molar-refractivity contribution in [2.45, 2.75) is 25.9 Å². The van der Waals surface area contributed by atoms with Crippen molar-refractivity contribution in [2.75, 3.05) is 6.61 Å². The van der Waals surface area contributed by atoms with Crippen molar-refractivity contribution in [3.63, 3.8) is 0 Å². The van der Waals surface area contributed by atoms with Gasteiger partial charge in [0.1, 0.15) is 0 Å². The zero-order valence-electron chi connectivity index (χ0n) is 8.69. The molecule has 0 fully saturated rings. The molecule has 0 bridgehead atoms. The van der Waals surface area contributed by atoms with Crippen molar-refractivity contribution in [1.29, 1.82) is 0 Å². The summed E-state index contributed by atoms with van der Waals surface area (Å²) in [4.78, 5) is 12.5. The molecule has 1 heterocycles. The van der Waals surface area contributed by atoms with E-state index in [1.54, 1.807) is 11.3 Å². The Bertz CT molecular complexity index is 284. The predicted octanol–water partition coefficient (Wildman–Crippen LogP) is 1.32. The molecule has 0 spiro atoms. The van der Waals surface area contributed by atoms with Gasteiger partial charge in [-0.3, -0.25) is 0 Å². The van der Waals surface area contributed by atoms with E-state index >= 15 is 0 Å². The van der Waals surface area contributed by atoms with E-state index in [0.717, 1.165) is 11.3 Å². The van der Waals surface area contributed by atoms with E-state index in [9.17, 15) is 4.79 Å². The van der Waals surface area contributed by atoms with Gasteiger partial charge in [-0.25, -0.2) is 4.79 Å². The van der Waals surface area contributed by atoms with Crippen LogP contribution < -0.4 is 10.6 Å². The van der Waals surface area contributed by atoms with Gasteiger partial charge in [-0.1, -0.05) is 13.0 Å². The van der Waals surface area contributed by atoms with Crippen LogP contribution in [0.4, 0.5) is 4.79 Å². The Kier molecular flexibility index (Phi) is 5.14. The topological polar surface area (TPSA) is 61.4 Å². The van der Waals surface area contributed by atoms with Gasteiger partial charge in [0.15, 0.2) is 0 Å². The van der Waals surface area contributed by atoms with Crippen molar-refractivity contribution < 1.29 is 9.90 Å². The van der Waals surface area contributed by atoms with Crippen LogP contribution in [0.5, 0.6) is 0 Å². The van der Waals surface area contributed by atoms with Crippen LogP contribution in [0.1, 0.15) is 18.2 Å². The van der Waals surface area contributed by atoms with Crippen LogP contribution in [0.25, 0.3) is 0 Å². The van der Waals surface area contributed by atoms with E-state index in [-0.39, 0.29) is 18.7 Å². The number of aliphatic hydroxyl groups is 1. The molecule has 1 aromatic rings. The lowest BCUT2D eigenvalue weighted by molar-refractivity contribution is 0.214. The number of nitrogens with one attached hydrogen (secondary N) is 2. The van der Waals surface area contributed by atoms with Crippen molar-refractivity contribution in [3.8, 4) is 0 Å². The second kappa shape index (κ2) is 6.42. The quantitative estimate of drug-likeness (QED) is 0.711. The van der Waals surface area contributed by atoms with Gasteiger partial charge in [-0.2, -0.15) is 0 Å². The number of carbonyl (C=O) groups excluding carboxylic acids is 1. The van der Waals surface area contributed by atoms with Crippen molar-refractivity contribution in [2.24, 2.45) is 0 Å². The molecule has 0 aromatic carbocycles. The molecule has 1 aromatic heterocycles. The number of hydrogen-bond donors (Lipinski definition) is 3. The maximum atomic E-state index is 11.3. The molecule has 0 aliphatic carbocycles. The minimum Gasteiger partial charge on any atom is -0.394 e. The highest BCUT2D eigenvalue weighted by Gasteiger charge is 2.08. The number of aliphatic hydroxyl groups excluding tert-OH is 1. The van der Waals surface area contributed by atoms with Gasteiger partial charge >= 0.3 is 6.03 Å². The molecule has 5 heteroatoms. The number of thiophene rings is 1. The van der Waals surface area contributed by atoms with Gasteiger partial charge in [-0.05, 0) is 17.9 Å². The third kappa shape index (κ3) is 4.31. The molecule has 1 unspecified atom stereocenters. The van der Waals surface area contributed by atoms with E-state index in [1.807, 2.05) is 24.4 Å². The van der Waals surface area contributed by atoms with Crippen molar-refractivity contribution in [3.05, 3.63) is 22.4 Å². The van der Waals surface area contributed by atoms with Crippen molar-refractivity contribution in [1.82, 2.24) is 10.6 Å².